The van der Waals surface area contributed by atoms with Crippen LogP contribution in [0.15, 0.2) is 0 Å². The van der Waals surface area contributed by atoms with E-state index in [1.54, 1.807) is 4.90 Å². The lowest BCUT2D eigenvalue weighted by Crippen LogP contribution is -2.42. The van der Waals surface area contributed by atoms with Crippen LogP contribution in [-0.2, 0) is 14.2 Å². The van der Waals surface area contributed by atoms with E-state index in [1.807, 2.05) is 43.4 Å². The third kappa shape index (κ3) is 6.62. The first-order valence-corrected chi connectivity index (χ1v) is 8.18. The second-order valence-corrected chi connectivity index (χ2v) is 6.35. The number of halogens is 1. The molecule has 0 saturated carbocycles. The number of ether oxygens (including phenoxy) is 3. The molecule has 0 aromatic carbocycles. The van der Waals surface area contributed by atoms with Crippen LogP contribution in [0.4, 0.5) is 9.59 Å². The molecule has 1 rings (SSSR count). The highest BCUT2D eigenvalue weighted by Crippen LogP contribution is 2.20. The van der Waals surface area contributed by atoms with E-state index in [2.05, 4.69) is 4.74 Å². The standard InChI is InChI=1S/C13H22INO5/c1-13(2,3)20-11(16)15-6-4-10(5-7-15)8-18-12(17)19-9-14/h10H,4-9H2,1-3H3. The van der Waals surface area contributed by atoms with Crippen molar-refractivity contribution < 1.29 is 23.8 Å². The number of rotatable bonds is 3. The largest absolute Gasteiger partial charge is 0.509 e. The maximum atomic E-state index is 11.9. The quantitative estimate of drug-likeness (QED) is 0.415. The summed E-state index contributed by atoms with van der Waals surface area (Å²) in [5, 5.41) is 0. The number of amides is 1. The van der Waals surface area contributed by atoms with E-state index in [9.17, 15) is 9.59 Å². The van der Waals surface area contributed by atoms with Gasteiger partial charge in [0, 0.05) is 13.1 Å². The van der Waals surface area contributed by atoms with E-state index in [4.69, 9.17) is 9.47 Å². The number of hydrogen-bond acceptors (Lipinski definition) is 5. The molecule has 0 unspecified atom stereocenters. The molecule has 116 valence electrons. The molecule has 0 spiro atoms. The van der Waals surface area contributed by atoms with Crippen molar-refractivity contribution in [2.24, 2.45) is 5.92 Å². The summed E-state index contributed by atoms with van der Waals surface area (Å²) in [5.41, 5.74) is -0.472. The molecule has 0 bridgehead atoms. The molecule has 1 aliphatic rings. The number of piperidine rings is 1. The molecule has 1 amide bonds. The van der Waals surface area contributed by atoms with Crippen LogP contribution in [0.1, 0.15) is 33.6 Å². The van der Waals surface area contributed by atoms with Crippen molar-refractivity contribution in [3.63, 3.8) is 0 Å². The maximum Gasteiger partial charge on any atom is 0.509 e. The van der Waals surface area contributed by atoms with Crippen molar-refractivity contribution in [2.45, 2.75) is 39.2 Å². The highest BCUT2D eigenvalue weighted by Gasteiger charge is 2.27. The summed E-state index contributed by atoms with van der Waals surface area (Å²) >= 11 is 1.94. The van der Waals surface area contributed by atoms with Crippen LogP contribution in [0.5, 0.6) is 0 Å². The predicted molar refractivity (Wildman–Crippen MR) is 81.9 cm³/mol. The summed E-state index contributed by atoms with van der Waals surface area (Å²) < 4.78 is 15.3. The van der Waals surface area contributed by atoms with Crippen molar-refractivity contribution in [1.82, 2.24) is 4.90 Å². The Morgan fingerprint density at radius 1 is 1.20 bits per heavy atom. The molecule has 1 fully saturated rings. The van der Waals surface area contributed by atoms with Crippen LogP contribution in [0.2, 0.25) is 0 Å². The first kappa shape index (κ1) is 17.3. The van der Waals surface area contributed by atoms with Gasteiger partial charge in [-0.15, -0.1) is 0 Å². The highest BCUT2D eigenvalue weighted by molar-refractivity contribution is 14.1. The lowest BCUT2D eigenvalue weighted by molar-refractivity contribution is 0.0112. The zero-order valence-corrected chi connectivity index (χ0v) is 14.3. The van der Waals surface area contributed by atoms with E-state index in [0.717, 1.165) is 12.8 Å². The highest BCUT2D eigenvalue weighted by atomic mass is 127. The molecule has 1 aliphatic heterocycles. The molecule has 0 aromatic heterocycles. The van der Waals surface area contributed by atoms with Crippen LogP contribution in [0.3, 0.4) is 0 Å². The molecule has 0 aliphatic carbocycles. The van der Waals surface area contributed by atoms with Crippen molar-refractivity contribution in [1.29, 1.82) is 0 Å². The van der Waals surface area contributed by atoms with E-state index in [1.165, 1.54) is 0 Å². The number of alkyl halides is 1. The fourth-order valence-corrected chi connectivity index (χ4v) is 2.14. The topological polar surface area (TPSA) is 65.1 Å². The lowest BCUT2D eigenvalue weighted by atomic mass is 9.98. The van der Waals surface area contributed by atoms with Gasteiger partial charge in [-0.3, -0.25) is 0 Å². The average molecular weight is 399 g/mol. The Bertz CT molecular complexity index is 334. The number of hydrogen-bond donors (Lipinski definition) is 0. The zero-order valence-electron chi connectivity index (χ0n) is 12.2. The number of likely N-dealkylation sites (tertiary alicyclic amines) is 1. The Morgan fingerprint density at radius 2 is 1.80 bits per heavy atom. The minimum atomic E-state index is -0.631. The van der Waals surface area contributed by atoms with Gasteiger partial charge in [0.25, 0.3) is 0 Å². The molecule has 0 atom stereocenters. The molecule has 6 nitrogen and oxygen atoms in total. The summed E-state index contributed by atoms with van der Waals surface area (Å²) in [7, 11) is 0. The van der Waals surface area contributed by atoms with Crippen LogP contribution >= 0.6 is 22.6 Å². The molecular formula is C13H22INO5. The van der Waals surface area contributed by atoms with E-state index < -0.39 is 11.8 Å². The van der Waals surface area contributed by atoms with Gasteiger partial charge in [-0.2, -0.15) is 0 Å². The molecular weight excluding hydrogens is 377 g/mol. The molecule has 20 heavy (non-hydrogen) atoms. The fraction of sp³-hybridized carbons (Fsp3) is 0.846. The van der Waals surface area contributed by atoms with Gasteiger partial charge in [0.1, 0.15) is 10.2 Å². The monoisotopic (exact) mass is 399 g/mol. The van der Waals surface area contributed by atoms with Crippen molar-refractivity contribution >= 4 is 34.8 Å². The Labute approximate surface area is 133 Å². The fourth-order valence-electron chi connectivity index (χ4n) is 1.88. The van der Waals surface area contributed by atoms with Crippen LogP contribution in [0, 0.1) is 5.92 Å². The molecule has 0 radical (unpaired) electrons. The van der Waals surface area contributed by atoms with Gasteiger partial charge >= 0.3 is 12.2 Å². The smallest absolute Gasteiger partial charge is 0.444 e. The Kier molecular flexibility index (Phi) is 6.84. The maximum absolute atomic E-state index is 11.9. The van der Waals surface area contributed by atoms with E-state index in [0.29, 0.717) is 19.7 Å². The van der Waals surface area contributed by atoms with E-state index >= 15 is 0 Å². The van der Waals surface area contributed by atoms with Gasteiger partial charge in [0.15, 0.2) is 0 Å². The Morgan fingerprint density at radius 3 is 2.30 bits per heavy atom. The Hall–Kier alpha value is -0.730. The lowest BCUT2D eigenvalue weighted by Gasteiger charge is -2.33. The van der Waals surface area contributed by atoms with Gasteiger partial charge < -0.3 is 19.1 Å². The molecule has 7 heteroatoms. The summed E-state index contributed by atoms with van der Waals surface area (Å²) in [6, 6.07) is 0. The van der Waals surface area contributed by atoms with Crippen LogP contribution in [0.25, 0.3) is 0 Å². The summed E-state index contributed by atoms with van der Waals surface area (Å²) in [6.07, 6.45) is 0.697. The molecule has 0 N–H and O–H groups in total. The first-order valence-electron chi connectivity index (χ1n) is 6.65. The first-order chi connectivity index (χ1) is 9.31. The van der Waals surface area contributed by atoms with Gasteiger partial charge in [-0.1, -0.05) is 0 Å². The van der Waals surface area contributed by atoms with Gasteiger partial charge in [-0.05, 0) is 62.1 Å². The number of carbonyl (C=O) groups excluding carboxylic acids is 2. The SMILES string of the molecule is CC(C)(C)OC(=O)N1CCC(COC(=O)OCI)CC1. The van der Waals surface area contributed by atoms with Gasteiger partial charge in [0.05, 0.1) is 6.61 Å². The van der Waals surface area contributed by atoms with Crippen molar-refractivity contribution in [3.8, 4) is 0 Å². The third-order valence-corrected chi connectivity index (χ3v) is 3.19. The second-order valence-electron chi connectivity index (χ2n) is 5.73. The summed E-state index contributed by atoms with van der Waals surface area (Å²) in [6.45, 7) is 7.16. The molecule has 1 heterocycles. The van der Waals surface area contributed by atoms with Crippen LogP contribution < -0.4 is 0 Å². The predicted octanol–water partition coefficient (Wildman–Crippen LogP) is 3.18. The minimum Gasteiger partial charge on any atom is -0.444 e. The Balaban J connectivity index is 2.26. The number of nitrogens with zero attached hydrogens (tertiary/aromatic N) is 1. The van der Waals surface area contributed by atoms with Gasteiger partial charge in [-0.25, -0.2) is 9.59 Å². The molecule has 1 saturated heterocycles. The van der Waals surface area contributed by atoms with E-state index in [-0.39, 0.29) is 16.6 Å². The van der Waals surface area contributed by atoms with Crippen molar-refractivity contribution in [3.05, 3.63) is 0 Å². The normalized spacial score (nSPS) is 16.7. The summed E-state index contributed by atoms with van der Waals surface area (Å²) in [5.74, 6) is 0.274. The second kappa shape index (κ2) is 7.90. The van der Waals surface area contributed by atoms with Crippen LogP contribution in [-0.4, -0.2) is 47.1 Å². The minimum absolute atomic E-state index is 0.274. The van der Waals surface area contributed by atoms with Crippen molar-refractivity contribution in [2.75, 3.05) is 24.3 Å². The summed E-state index contributed by atoms with van der Waals surface area (Å²) in [4.78, 5) is 24.6. The third-order valence-electron chi connectivity index (χ3n) is 2.88. The van der Waals surface area contributed by atoms with Gasteiger partial charge in [0.2, 0.25) is 0 Å². The number of carbonyl (C=O) groups is 2. The average Bonchev–Trinajstić information content (AvgIpc) is 2.35. The zero-order chi connectivity index (χ0) is 15.2. The molecule has 0 aromatic rings.